The number of hydrogen-bond acceptors (Lipinski definition) is 3. The summed E-state index contributed by atoms with van der Waals surface area (Å²) in [5, 5.41) is 0. The van der Waals surface area contributed by atoms with E-state index in [1.54, 1.807) is 0 Å². The first-order chi connectivity index (χ1) is 8.03. The Labute approximate surface area is 105 Å². The summed E-state index contributed by atoms with van der Waals surface area (Å²) in [5.41, 5.74) is 7.14. The van der Waals surface area contributed by atoms with Crippen LogP contribution in [-0.2, 0) is 6.42 Å². The van der Waals surface area contributed by atoms with Gasteiger partial charge in [-0.2, -0.15) is 0 Å². The highest BCUT2D eigenvalue weighted by molar-refractivity contribution is 5.03. The summed E-state index contributed by atoms with van der Waals surface area (Å²) in [7, 11) is 2.16. The van der Waals surface area contributed by atoms with E-state index in [0.717, 1.165) is 38.2 Å². The number of nitrogens with two attached hydrogens (primary N) is 1. The summed E-state index contributed by atoms with van der Waals surface area (Å²) in [6.07, 6.45) is 4.01. The van der Waals surface area contributed by atoms with Crippen LogP contribution >= 0.6 is 0 Å². The normalized spacial score (nSPS) is 12.1. The average Bonchev–Trinajstić information content (AvgIpc) is 2.35. The Kier molecular flexibility index (Phi) is 5.59. The molecule has 1 aromatic heterocycles. The topological polar surface area (TPSA) is 42.2 Å². The molecule has 17 heavy (non-hydrogen) atoms. The van der Waals surface area contributed by atoms with Gasteiger partial charge >= 0.3 is 0 Å². The summed E-state index contributed by atoms with van der Waals surface area (Å²) in [6.45, 7) is 7.34. The van der Waals surface area contributed by atoms with E-state index >= 15 is 0 Å². The molecule has 0 aliphatic rings. The predicted molar refractivity (Wildman–Crippen MR) is 72.9 cm³/mol. The molecule has 1 heterocycles. The smallest absolute Gasteiger partial charge is 0.0416 e. The Morgan fingerprint density at radius 3 is 2.65 bits per heavy atom. The van der Waals surface area contributed by atoms with Crippen molar-refractivity contribution in [2.24, 2.45) is 11.1 Å². The van der Waals surface area contributed by atoms with E-state index in [2.05, 4.69) is 36.8 Å². The molecular weight excluding hydrogens is 210 g/mol. The fourth-order valence-corrected chi connectivity index (χ4v) is 1.56. The van der Waals surface area contributed by atoms with Crippen molar-refractivity contribution < 1.29 is 0 Å². The molecule has 0 unspecified atom stereocenters. The van der Waals surface area contributed by atoms with Gasteiger partial charge in [0.05, 0.1) is 0 Å². The van der Waals surface area contributed by atoms with Crippen molar-refractivity contribution in [2.75, 3.05) is 26.7 Å². The minimum atomic E-state index is 0.249. The largest absolute Gasteiger partial charge is 0.330 e. The third-order valence-electron chi connectivity index (χ3n) is 3.20. The van der Waals surface area contributed by atoms with Crippen molar-refractivity contribution in [2.45, 2.75) is 26.7 Å². The second-order valence-electron chi connectivity index (χ2n) is 5.49. The summed E-state index contributed by atoms with van der Waals surface area (Å²) < 4.78 is 0. The van der Waals surface area contributed by atoms with E-state index in [4.69, 9.17) is 5.73 Å². The van der Waals surface area contributed by atoms with E-state index in [1.165, 1.54) is 0 Å². The standard InChI is InChI=1S/C14H25N3/c1-14(2,12-15)8-11-17(3)10-7-13-6-4-5-9-16-13/h4-6,9H,7-8,10-12,15H2,1-3H3. The SMILES string of the molecule is CN(CCc1ccccn1)CCC(C)(C)CN. The summed E-state index contributed by atoms with van der Waals surface area (Å²) in [6, 6.07) is 6.08. The molecule has 0 amide bonds. The second kappa shape index (κ2) is 6.72. The highest BCUT2D eigenvalue weighted by Crippen LogP contribution is 2.18. The van der Waals surface area contributed by atoms with E-state index in [9.17, 15) is 0 Å². The highest BCUT2D eigenvalue weighted by atomic mass is 15.1. The number of hydrogen-bond donors (Lipinski definition) is 1. The molecule has 1 rings (SSSR count). The first-order valence-corrected chi connectivity index (χ1v) is 6.32. The van der Waals surface area contributed by atoms with Crippen LogP contribution in [0, 0.1) is 5.41 Å². The summed E-state index contributed by atoms with van der Waals surface area (Å²) >= 11 is 0. The van der Waals surface area contributed by atoms with Crippen LogP contribution in [0.2, 0.25) is 0 Å². The van der Waals surface area contributed by atoms with Crippen LogP contribution < -0.4 is 5.73 Å². The third kappa shape index (κ3) is 5.80. The third-order valence-corrected chi connectivity index (χ3v) is 3.20. The molecule has 3 heteroatoms. The van der Waals surface area contributed by atoms with E-state index < -0.39 is 0 Å². The molecule has 2 N–H and O–H groups in total. The maximum atomic E-state index is 5.73. The zero-order chi connectivity index (χ0) is 12.7. The number of pyridine rings is 1. The second-order valence-corrected chi connectivity index (χ2v) is 5.49. The molecule has 96 valence electrons. The molecule has 0 aliphatic heterocycles. The molecule has 3 nitrogen and oxygen atoms in total. The fraction of sp³-hybridized carbons (Fsp3) is 0.643. The number of rotatable bonds is 7. The van der Waals surface area contributed by atoms with E-state index in [1.807, 2.05) is 18.3 Å². The lowest BCUT2D eigenvalue weighted by Crippen LogP contribution is -2.30. The van der Waals surface area contributed by atoms with Crippen molar-refractivity contribution in [3.8, 4) is 0 Å². The Morgan fingerprint density at radius 2 is 2.06 bits per heavy atom. The van der Waals surface area contributed by atoms with Crippen LogP contribution in [0.4, 0.5) is 0 Å². The molecule has 0 atom stereocenters. The molecule has 0 fully saturated rings. The van der Waals surface area contributed by atoms with E-state index in [-0.39, 0.29) is 5.41 Å². The van der Waals surface area contributed by atoms with Gasteiger partial charge in [0.15, 0.2) is 0 Å². The van der Waals surface area contributed by atoms with Gasteiger partial charge in [-0.25, -0.2) is 0 Å². The lowest BCUT2D eigenvalue weighted by Gasteiger charge is -2.25. The van der Waals surface area contributed by atoms with Gasteiger partial charge in [-0.05, 0) is 44.1 Å². The molecule has 0 aliphatic carbocycles. The van der Waals surface area contributed by atoms with Crippen LogP contribution in [-0.4, -0.2) is 36.6 Å². The minimum Gasteiger partial charge on any atom is -0.330 e. The van der Waals surface area contributed by atoms with Gasteiger partial charge in [0, 0.05) is 24.9 Å². The van der Waals surface area contributed by atoms with E-state index in [0.29, 0.717) is 0 Å². The first kappa shape index (κ1) is 14.1. The lowest BCUT2D eigenvalue weighted by atomic mass is 9.89. The van der Waals surface area contributed by atoms with Gasteiger partial charge < -0.3 is 10.6 Å². The summed E-state index contributed by atoms with van der Waals surface area (Å²) in [5.74, 6) is 0. The van der Waals surface area contributed by atoms with Crippen molar-refractivity contribution in [1.29, 1.82) is 0 Å². The van der Waals surface area contributed by atoms with Gasteiger partial charge in [-0.1, -0.05) is 19.9 Å². The van der Waals surface area contributed by atoms with Crippen molar-refractivity contribution >= 4 is 0 Å². The quantitative estimate of drug-likeness (QED) is 0.785. The van der Waals surface area contributed by atoms with Crippen LogP contribution in [0.3, 0.4) is 0 Å². The van der Waals surface area contributed by atoms with Crippen molar-refractivity contribution in [3.05, 3.63) is 30.1 Å². The molecule has 0 spiro atoms. The Hall–Kier alpha value is -0.930. The Bertz CT molecular complexity index is 309. The maximum Gasteiger partial charge on any atom is 0.0416 e. The number of nitrogens with zero attached hydrogens (tertiary/aromatic N) is 2. The monoisotopic (exact) mass is 235 g/mol. The molecule has 0 saturated heterocycles. The lowest BCUT2D eigenvalue weighted by molar-refractivity contribution is 0.255. The van der Waals surface area contributed by atoms with Crippen LogP contribution in [0.1, 0.15) is 26.0 Å². The molecule has 1 aromatic rings. The van der Waals surface area contributed by atoms with Gasteiger partial charge in [-0.15, -0.1) is 0 Å². The van der Waals surface area contributed by atoms with Crippen molar-refractivity contribution in [1.82, 2.24) is 9.88 Å². The molecule has 0 bridgehead atoms. The van der Waals surface area contributed by atoms with Crippen LogP contribution in [0.15, 0.2) is 24.4 Å². The first-order valence-electron chi connectivity index (χ1n) is 6.32. The summed E-state index contributed by atoms with van der Waals surface area (Å²) in [4.78, 5) is 6.68. The van der Waals surface area contributed by atoms with Gasteiger partial charge in [0.25, 0.3) is 0 Å². The fourth-order valence-electron chi connectivity index (χ4n) is 1.56. The Balaban J connectivity index is 2.24. The molecule has 0 aromatic carbocycles. The number of aromatic nitrogens is 1. The van der Waals surface area contributed by atoms with Crippen LogP contribution in [0.25, 0.3) is 0 Å². The van der Waals surface area contributed by atoms with Crippen LogP contribution in [0.5, 0.6) is 0 Å². The van der Waals surface area contributed by atoms with Crippen molar-refractivity contribution in [3.63, 3.8) is 0 Å². The molecule has 0 saturated carbocycles. The van der Waals surface area contributed by atoms with Gasteiger partial charge in [0.2, 0.25) is 0 Å². The highest BCUT2D eigenvalue weighted by Gasteiger charge is 2.15. The zero-order valence-electron chi connectivity index (χ0n) is 11.3. The zero-order valence-corrected chi connectivity index (χ0v) is 11.3. The average molecular weight is 235 g/mol. The van der Waals surface area contributed by atoms with Gasteiger partial charge in [0.1, 0.15) is 0 Å². The Morgan fingerprint density at radius 1 is 1.29 bits per heavy atom. The minimum absolute atomic E-state index is 0.249. The van der Waals surface area contributed by atoms with Gasteiger partial charge in [-0.3, -0.25) is 4.98 Å². The molecule has 0 radical (unpaired) electrons. The number of likely N-dealkylation sites (N-methyl/N-ethyl adjacent to an activating group) is 1. The molecular formula is C14H25N3. The maximum absolute atomic E-state index is 5.73. The predicted octanol–water partition coefficient (Wildman–Crippen LogP) is 1.93.